The Kier molecular flexibility index (Phi) is 4.34. The van der Waals surface area contributed by atoms with E-state index in [9.17, 15) is 9.59 Å². The van der Waals surface area contributed by atoms with Crippen molar-refractivity contribution in [1.29, 1.82) is 0 Å². The third-order valence-electron chi connectivity index (χ3n) is 2.69. The molecule has 1 fully saturated rings. The molecule has 1 amide bonds. The maximum Gasteiger partial charge on any atom is 0.305 e. The zero-order chi connectivity index (χ0) is 11.3. The van der Waals surface area contributed by atoms with Crippen LogP contribution in [0.15, 0.2) is 12.7 Å². The van der Waals surface area contributed by atoms with Crippen molar-refractivity contribution in [2.75, 3.05) is 20.2 Å². The van der Waals surface area contributed by atoms with Gasteiger partial charge in [-0.15, -0.1) is 0 Å². The molecule has 1 rings (SSSR count). The number of rotatable bonds is 3. The maximum absolute atomic E-state index is 11.4. The average Bonchev–Trinajstić information content (AvgIpc) is 2.28. The third kappa shape index (κ3) is 3.38. The van der Waals surface area contributed by atoms with Crippen LogP contribution in [0.2, 0.25) is 0 Å². The highest BCUT2D eigenvalue weighted by Crippen LogP contribution is 2.20. The molecule has 1 heterocycles. The summed E-state index contributed by atoms with van der Waals surface area (Å²) in [6.45, 7) is 4.86. The van der Waals surface area contributed by atoms with E-state index in [1.807, 2.05) is 0 Å². The molecule has 4 nitrogen and oxygen atoms in total. The first-order valence-corrected chi connectivity index (χ1v) is 5.15. The van der Waals surface area contributed by atoms with Crippen molar-refractivity contribution in [2.45, 2.75) is 19.3 Å². The first kappa shape index (κ1) is 11.8. The van der Waals surface area contributed by atoms with Crippen LogP contribution in [-0.2, 0) is 14.3 Å². The Bertz CT molecular complexity index is 263. The van der Waals surface area contributed by atoms with Crippen LogP contribution in [0.25, 0.3) is 0 Å². The molecular formula is C11H17NO3. The van der Waals surface area contributed by atoms with E-state index in [-0.39, 0.29) is 17.8 Å². The zero-order valence-corrected chi connectivity index (χ0v) is 9.07. The Hall–Kier alpha value is -1.32. The molecule has 0 unspecified atom stereocenters. The van der Waals surface area contributed by atoms with Crippen molar-refractivity contribution in [3.63, 3.8) is 0 Å². The summed E-state index contributed by atoms with van der Waals surface area (Å²) >= 11 is 0. The number of methoxy groups -OCH3 is 1. The van der Waals surface area contributed by atoms with Gasteiger partial charge in [0.1, 0.15) is 0 Å². The lowest BCUT2D eigenvalue weighted by atomic mass is 9.95. The number of hydrogen-bond acceptors (Lipinski definition) is 3. The Labute approximate surface area is 89.9 Å². The summed E-state index contributed by atoms with van der Waals surface area (Å²) in [7, 11) is 1.39. The summed E-state index contributed by atoms with van der Waals surface area (Å²) in [5, 5.41) is 0. The largest absolute Gasteiger partial charge is 0.469 e. The normalized spacial score (nSPS) is 20.9. The highest BCUT2D eigenvalue weighted by molar-refractivity contribution is 5.87. The highest BCUT2D eigenvalue weighted by atomic mass is 16.5. The molecule has 0 aromatic carbocycles. The van der Waals surface area contributed by atoms with Gasteiger partial charge in [0.25, 0.3) is 0 Å². The van der Waals surface area contributed by atoms with Crippen LogP contribution in [0.4, 0.5) is 0 Å². The van der Waals surface area contributed by atoms with Crippen LogP contribution in [0.3, 0.4) is 0 Å². The van der Waals surface area contributed by atoms with E-state index in [0.29, 0.717) is 13.0 Å². The van der Waals surface area contributed by atoms with Gasteiger partial charge in [0, 0.05) is 19.5 Å². The predicted molar refractivity (Wildman–Crippen MR) is 56.1 cm³/mol. The van der Waals surface area contributed by atoms with Gasteiger partial charge in [0.2, 0.25) is 5.91 Å². The number of nitrogens with zero attached hydrogens (tertiary/aromatic N) is 1. The molecule has 0 aromatic rings. The Morgan fingerprint density at radius 3 is 2.93 bits per heavy atom. The summed E-state index contributed by atoms with van der Waals surface area (Å²) in [6, 6.07) is 0. The standard InChI is InChI=1S/C11H17NO3/c1-3-10(13)12-6-4-5-9(8-12)7-11(14)15-2/h3,9H,1,4-8H2,2H3/t9-/m1/s1. The quantitative estimate of drug-likeness (QED) is 0.516. The van der Waals surface area contributed by atoms with E-state index in [1.165, 1.54) is 13.2 Å². The number of carbonyl (C=O) groups excluding carboxylic acids is 2. The Balaban J connectivity index is 2.45. The molecule has 4 heteroatoms. The van der Waals surface area contributed by atoms with E-state index >= 15 is 0 Å². The summed E-state index contributed by atoms with van der Waals surface area (Å²) in [4.78, 5) is 24.2. The van der Waals surface area contributed by atoms with E-state index in [4.69, 9.17) is 0 Å². The Morgan fingerprint density at radius 2 is 2.33 bits per heavy atom. The van der Waals surface area contributed by atoms with Gasteiger partial charge in [-0.25, -0.2) is 0 Å². The van der Waals surface area contributed by atoms with Crippen molar-refractivity contribution in [3.05, 3.63) is 12.7 Å². The summed E-state index contributed by atoms with van der Waals surface area (Å²) in [6.07, 6.45) is 3.65. The molecule has 1 aliphatic rings. The second-order valence-electron chi connectivity index (χ2n) is 3.78. The topological polar surface area (TPSA) is 46.6 Å². The SMILES string of the molecule is C=CC(=O)N1CCC[C@H](CC(=O)OC)C1. The van der Waals surface area contributed by atoms with E-state index in [1.54, 1.807) is 4.90 Å². The second kappa shape index (κ2) is 5.53. The third-order valence-corrected chi connectivity index (χ3v) is 2.69. The lowest BCUT2D eigenvalue weighted by molar-refractivity contribution is -0.143. The smallest absolute Gasteiger partial charge is 0.305 e. The van der Waals surface area contributed by atoms with Gasteiger partial charge in [-0.2, -0.15) is 0 Å². The van der Waals surface area contributed by atoms with Gasteiger partial charge in [-0.3, -0.25) is 9.59 Å². The number of carbonyl (C=O) groups is 2. The minimum Gasteiger partial charge on any atom is -0.469 e. The second-order valence-corrected chi connectivity index (χ2v) is 3.78. The number of amides is 1. The molecule has 0 aliphatic carbocycles. The average molecular weight is 211 g/mol. The van der Waals surface area contributed by atoms with Crippen LogP contribution >= 0.6 is 0 Å². The van der Waals surface area contributed by atoms with Crippen LogP contribution in [0, 0.1) is 5.92 Å². The minimum atomic E-state index is -0.201. The fourth-order valence-electron chi connectivity index (χ4n) is 1.88. The van der Waals surface area contributed by atoms with Gasteiger partial charge in [0.15, 0.2) is 0 Å². The molecule has 1 atom stereocenters. The van der Waals surface area contributed by atoms with Crippen molar-refractivity contribution in [1.82, 2.24) is 4.90 Å². The molecule has 0 radical (unpaired) electrons. The predicted octanol–water partition coefficient (Wildman–Crippen LogP) is 0.974. The fraction of sp³-hybridized carbons (Fsp3) is 0.636. The van der Waals surface area contributed by atoms with Gasteiger partial charge in [-0.05, 0) is 24.8 Å². The summed E-state index contributed by atoms with van der Waals surface area (Å²) < 4.78 is 4.61. The highest BCUT2D eigenvalue weighted by Gasteiger charge is 2.24. The number of esters is 1. The lowest BCUT2D eigenvalue weighted by Crippen LogP contribution is -2.39. The van der Waals surface area contributed by atoms with E-state index in [2.05, 4.69) is 11.3 Å². The molecule has 15 heavy (non-hydrogen) atoms. The maximum atomic E-state index is 11.4. The first-order valence-electron chi connectivity index (χ1n) is 5.15. The monoisotopic (exact) mass is 211 g/mol. The van der Waals surface area contributed by atoms with Crippen molar-refractivity contribution >= 4 is 11.9 Å². The van der Waals surface area contributed by atoms with Gasteiger partial charge in [-0.1, -0.05) is 6.58 Å². The molecule has 0 aromatic heterocycles. The lowest BCUT2D eigenvalue weighted by Gasteiger charge is -2.31. The number of ether oxygens (including phenoxy) is 1. The van der Waals surface area contributed by atoms with Gasteiger partial charge < -0.3 is 9.64 Å². The van der Waals surface area contributed by atoms with Crippen LogP contribution < -0.4 is 0 Å². The summed E-state index contributed by atoms with van der Waals surface area (Å²) in [5.41, 5.74) is 0. The van der Waals surface area contributed by atoms with E-state index in [0.717, 1.165) is 19.4 Å². The summed E-state index contributed by atoms with van der Waals surface area (Å²) in [5.74, 6) is -0.0208. The molecule has 0 saturated carbocycles. The number of likely N-dealkylation sites (tertiary alicyclic amines) is 1. The van der Waals surface area contributed by atoms with Crippen LogP contribution in [0.5, 0.6) is 0 Å². The zero-order valence-electron chi connectivity index (χ0n) is 9.07. The molecule has 0 spiro atoms. The van der Waals surface area contributed by atoms with Crippen molar-refractivity contribution < 1.29 is 14.3 Å². The van der Waals surface area contributed by atoms with Crippen LogP contribution in [0.1, 0.15) is 19.3 Å². The van der Waals surface area contributed by atoms with Crippen molar-refractivity contribution in [2.24, 2.45) is 5.92 Å². The first-order chi connectivity index (χ1) is 7.17. The Morgan fingerprint density at radius 1 is 1.60 bits per heavy atom. The molecule has 1 aliphatic heterocycles. The number of hydrogen-bond donors (Lipinski definition) is 0. The molecular weight excluding hydrogens is 194 g/mol. The van der Waals surface area contributed by atoms with Crippen LogP contribution in [-0.4, -0.2) is 37.0 Å². The van der Waals surface area contributed by atoms with Gasteiger partial charge >= 0.3 is 5.97 Å². The fourth-order valence-corrected chi connectivity index (χ4v) is 1.88. The van der Waals surface area contributed by atoms with Crippen molar-refractivity contribution in [3.8, 4) is 0 Å². The minimum absolute atomic E-state index is 0.0513. The number of piperidine rings is 1. The molecule has 0 N–H and O–H groups in total. The molecule has 84 valence electrons. The molecule has 0 bridgehead atoms. The van der Waals surface area contributed by atoms with E-state index < -0.39 is 0 Å². The molecule has 1 saturated heterocycles. The van der Waals surface area contributed by atoms with Gasteiger partial charge in [0.05, 0.1) is 7.11 Å².